The monoisotopic (exact) mass is 658 g/mol. The third kappa shape index (κ3) is 3.81. The Bertz CT molecular complexity index is 1490. The average molecular weight is 659 g/mol. The number of hydrogen-bond donors (Lipinski definition) is 1. The Morgan fingerprint density at radius 1 is 0.861 bits per heavy atom. The van der Waals surface area contributed by atoms with E-state index in [0.29, 0.717) is 23.0 Å². The summed E-state index contributed by atoms with van der Waals surface area (Å²) in [6.07, 6.45) is -0.0782. The molecule has 5 nitrogen and oxygen atoms in total. The zero-order chi connectivity index (χ0) is 24.4. The normalized spacial score (nSPS) is 20.9. The maximum atomic E-state index is 10.1. The summed E-state index contributed by atoms with van der Waals surface area (Å²) in [5.74, 6) is 1.59. The molecule has 3 aromatic carbocycles. The Morgan fingerprint density at radius 2 is 1.58 bits per heavy atom. The molecule has 0 unspecified atom stereocenters. The number of aromatic hydroxyl groups is 1. The van der Waals surface area contributed by atoms with Crippen LogP contribution in [0.3, 0.4) is 0 Å². The number of aliphatic imine (C=N–C) groups is 1. The van der Waals surface area contributed by atoms with Gasteiger partial charge >= 0.3 is 0 Å². The van der Waals surface area contributed by atoms with Gasteiger partial charge in [0, 0.05) is 49.1 Å². The van der Waals surface area contributed by atoms with E-state index in [9.17, 15) is 5.11 Å². The Kier molecular flexibility index (Phi) is 5.95. The summed E-state index contributed by atoms with van der Waals surface area (Å²) >= 11 is 0. The molecule has 1 aromatic heterocycles. The number of nitrogens with zero attached hydrogens (tertiary/aromatic N) is 2. The van der Waals surface area contributed by atoms with Gasteiger partial charge in [-0.1, -0.05) is 75.7 Å². The Hall–Kier alpha value is -3.17. The molecule has 0 saturated carbocycles. The van der Waals surface area contributed by atoms with Crippen molar-refractivity contribution >= 4 is 16.8 Å². The van der Waals surface area contributed by atoms with Gasteiger partial charge in [0.2, 0.25) is 5.88 Å². The van der Waals surface area contributed by atoms with Crippen molar-refractivity contribution in [2.24, 2.45) is 4.99 Å². The Labute approximate surface area is 225 Å². The molecule has 36 heavy (non-hydrogen) atoms. The molecule has 0 fully saturated rings. The molecule has 186 valence electrons. The molecule has 6 rings (SSSR count). The largest absolute Gasteiger partial charge is 0.514 e. The molecular formula is C30H27N2O3Pt-. The summed E-state index contributed by atoms with van der Waals surface area (Å²) in [6, 6.07) is 26.5. The van der Waals surface area contributed by atoms with Crippen molar-refractivity contribution < 1.29 is 35.6 Å². The minimum absolute atomic E-state index is 0. The summed E-state index contributed by atoms with van der Waals surface area (Å²) < 4.78 is 12.6. The third-order valence-corrected chi connectivity index (χ3v) is 7.43. The number of phenols is 1. The molecule has 0 amide bonds. The van der Waals surface area contributed by atoms with E-state index < -0.39 is 0 Å². The predicted molar refractivity (Wildman–Crippen MR) is 136 cm³/mol. The topological polar surface area (TPSA) is 63.9 Å². The molecule has 0 saturated heterocycles. The van der Waals surface area contributed by atoms with Crippen molar-refractivity contribution in [3.05, 3.63) is 95.6 Å². The third-order valence-electron chi connectivity index (χ3n) is 7.43. The van der Waals surface area contributed by atoms with Gasteiger partial charge in [-0.05, 0) is 23.3 Å². The number of benzene rings is 3. The standard InChI is InChI=1S/C30H27N2O3.Pt/c1-29(2)21-12-5-6-13-22(21)30(3,4)27-26(29)32-28(35-27)19-10-7-11-20(17-19)34-24-16-15-18-9-8-14-23(33)25(18)31-24;/h5-16,26-27,33H,1-4H3;/q-1;/t26-,27+;/m1./s1. The molecular weight excluding hydrogens is 631 g/mol. The van der Waals surface area contributed by atoms with Crippen LogP contribution in [0.25, 0.3) is 10.9 Å². The smallest absolute Gasteiger partial charge is 0.217 e. The van der Waals surface area contributed by atoms with E-state index >= 15 is 0 Å². The molecule has 2 aliphatic rings. The summed E-state index contributed by atoms with van der Waals surface area (Å²) in [5.41, 5.74) is 3.53. The molecule has 0 bridgehead atoms. The van der Waals surface area contributed by atoms with Gasteiger partial charge in [-0.25, -0.2) is 4.98 Å². The second-order valence-corrected chi connectivity index (χ2v) is 10.4. The zero-order valence-corrected chi connectivity index (χ0v) is 22.8. The average Bonchev–Trinajstić information content (AvgIpc) is 3.32. The fourth-order valence-electron chi connectivity index (χ4n) is 5.46. The first-order valence-electron chi connectivity index (χ1n) is 11.9. The molecule has 0 radical (unpaired) electrons. The van der Waals surface area contributed by atoms with E-state index in [1.165, 1.54) is 11.1 Å². The van der Waals surface area contributed by atoms with Crippen molar-refractivity contribution in [1.29, 1.82) is 0 Å². The second-order valence-electron chi connectivity index (χ2n) is 10.4. The van der Waals surface area contributed by atoms with Crippen molar-refractivity contribution in [2.45, 2.75) is 50.7 Å². The minimum atomic E-state index is -0.187. The maximum Gasteiger partial charge on any atom is 0.217 e. The van der Waals surface area contributed by atoms with Gasteiger partial charge in [-0.15, -0.1) is 18.2 Å². The number of rotatable bonds is 3. The van der Waals surface area contributed by atoms with Crippen LogP contribution < -0.4 is 4.74 Å². The summed E-state index contributed by atoms with van der Waals surface area (Å²) in [5, 5.41) is 11.0. The van der Waals surface area contributed by atoms with Crippen LogP contribution in [0.5, 0.6) is 17.4 Å². The van der Waals surface area contributed by atoms with E-state index in [2.05, 4.69) is 63.0 Å². The number of hydrogen-bond acceptors (Lipinski definition) is 5. The van der Waals surface area contributed by atoms with Crippen LogP contribution in [0, 0.1) is 6.07 Å². The van der Waals surface area contributed by atoms with E-state index in [-0.39, 0.29) is 49.8 Å². The number of aromatic nitrogens is 1. The van der Waals surface area contributed by atoms with Gasteiger partial charge in [0.05, 0.1) is 6.04 Å². The van der Waals surface area contributed by atoms with Gasteiger partial charge in [-0.2, -0.15) is 0 Å². The first kappa shape index (κ1) is 24.5. The van der Waals surface area contributed by atoms with Crippen LogP contribution in [-0.4, -0.2) is 28.1 Å². The minimum Gasteiger partial charge on any atom is -0.514 e. The molecule has 2 atom stereocenters. The van der Waals surface area contributed by atoms with Crippen LogP contribution in [-0.2, 0) is 36.6 Å². The van der Waals surface area contributed by atoms with Gasteiger partial charge in [0.25, 0.3) is 0 Å². The Balaban J connectivity index is 0.00000267. The zero-order valence-electron chi connectivity index (χ0n) is 20.6. The summed E-state index contributed by atoms with van der Waals surface area (Å²) in [7, 11) is 0. The van der Waals surface area contributed by atoms with Crippen molar-refractivity contribution in [2.75, 3.05) is 0 Å². The van der Waals surface area contributed by atoms with Crippen LogP contribution in [0.1, 0.15) is 44.4 Å². The van der Waals surface area contributed by atoms with E-state index in [1.54, 1.807) is 18.2 Å². The molecule has 1 N–H and O–H groups in total. The maximum absolute atomic E-state index is 10.1. The molecule has 2 heterocycles. The number of phenolic OH excluding ortho intramolecular Hbond substituents is 1. The van der Waals surface area contributed by atoms with Gasteiger partial charge in [-0.3, -0.25) is 4.99 Å². The van der Waals surface area contributed by atoms with Crippen LogP contribution in [0.2, 0.25) is 0 Å². The second kappa shape index (κ2) is 8.74. The SMILES string of the molecule is CC1(C)c2ccccc2C(C)(C)[C@H]2OC(c3[c-]c(Oc4ccc5cccc(O)c5n4)ccc3)=N[C@H]21.[Pt]. The van der Waals surface area contributed by atoms with Gasteiger partial charge in [0.1, 0.15) is 23.3 Å². The predicted octanol–water partition coefficient (Wildman–Crippen LogP) is 6.31. The summed E-state index contributed by atoms with van der Waals surface area (Å²) in [4.78, 5) is 9.55. The van der Waals surface area contributed by atoms with Crippen molar-refractivity contribution in [3.63, 3.8) is 0 Å². The molecule has 6 heteroatoms. The number of ether oxygens (including phenoxy) is 2. The molecule has 4 aromatic rings. The molecule has 1 aliphatic heterocycles. The molecule has 1 aliphatic carbocycles. The first-order valence-corrected chi connectivity index (χ1v) is 11.9. The quantitative estimate of drug-likeness (QED) is 0.262. The number of pyridine rings is 1. The number of fused-ring (bicyclic) bond motifs is 3. The van der Waals surface area contributed by atoms with Crippen molar-refractivity contribution in [1.82, 2.24) is 4.98 Å². The molecule has 0 spiro atoms. The summed E-state index contributed by atoms with van der Waals surface area (Å²) in [6.45, 7) is 8.97. The number of para-hydroxylation sites is 1. The van der Waals surface area contributed by atoms with E-state index in [0.717, 1.165) is 10.9 Å². The van der Waals surface area contributed by atoms with Gasteiger partial charge in [0.15, 0.2) is 0 Å². The first-order chi connectivity index (χ1) is 16.7. The van der Waals surface area contributed by atoms with Gasteiger partial charge < -0.3 is 14.6 Å². The van der Waals surface area contributed by atoms with Crippen LogP contribution >= 0.6 is 0 Å². The van der Waals surface area contributed by atoms with E-state index in [4.69, 9.17) is 14.5 Å². The van der Waals surface area contributed by atoms with Crippen molar-refractivity contribution in [3.8, 4) is 17.4 Å². The Morgan fingerprint density at radius 3 is 2.36 bits per heavy atom. The fourth-order valence-corrected chi connectivity index (χ4v) is 5.46. The fraction of sp³-hybridized carbons (Fsp3) is 0.267. The van der Waals surface area contributed by atoms with Crippen LogP contribution in [0.4, 0.5) is 0 Å². The van der Waals surface area contributed by atoms with Crippen LogP contribution in [0.15, 0.2) is 77.8 Å². The van der Waals surface area contributed by atoms with E-state index in [1.807, 2.05) is 30.3 Å².